The van der Waals surface area contributed by atoms with E-state index < -0.39 is 0 Å². The van der Waals surface area contributed by atoms with Crippen LogP contribution in [0.15, 0.2) is 54.6 Å². The fourth-order valence-corrected chi connectivity index (χ4v) is 3.02. The summed E-state index contributed by atoms with van der Waals surface area (Å²) in [6, 6.07) is 15.8. The van der Waals surface area contributed by atoms with Crippen LogP contribution in [-0.2, 0) is 0 Å². The van der Waals surface area contributed by atoms with Crippen molar-refractivity contribution in [3.63, 3.8) is 0 Å². The van der Waals surface area contributed by atoms with Crippen LogP contribution in [0.4, 0.5) is 0 Å². The smallest absolute Gasteiger partial charge is 0.254 e. The van der Waals surface area contributed by atoms with E-state index in [1.54, 1.807) is 23.1 Å². The molecule has 5 heteroatoms. The summed E-state index contributed by atoms with van der Waals surface area (Å²) in [5.74, 6) is 0.193. The maximum absolute atomic E-state index is 12.5. The van der Waals surface area contributed by atoms with Gasteiger partial charge in [0.05, 0.1) is 0 Å². The molecule has 1 heterocycles. The maximum Gasteiger partial charge on any atom is 0.254 e. The van der Waals surface area contributed by atoms with Crippen LogP contribution in [0.1, 0.15) is 27.1 Å². The van der Waals surface area contributed by atoms with Gasteiger partial charge in [0.25, 0.3) is 5.91 Å². The van der Waals surface area contributed by atoms with Crippen LogP contribution in [0, 0.1) is 0 Å². The van der Waals surface area contributed by atoms with E-state index >= 15 is 0 Å². The number of hydrogen-bond donors (Lipinski definition) is 1. The molecule has 0 aliphatic carbocycles. The summed E-state index contributed by atoms with van der Waals surface area (Å²) < 4.78 is 0. The number of Topliss-reactive ketones (excluding diaryl/α,β-unsaturated/α-hetero) is 1. The Labute approximate surface area is 147 Å². The number of aromatic hydroxyl groups is 1. The number of piperazine rings is 1. The predicted molar refractivity (Wildman–Crippen MR) is 95.8 cm³/mol. The molecule has 3 rings (SSSR count). The normalized spacial score (nSPS) is 15.1. The first-order chi connectivity index (χ1) is 12.1. The zero-order chi connectivity index (χ0) is 17.6. The molecule has 0 radical (unpaired) electrons. The van der Waals surface area contributed by atoms with Gasteiger partial charge in [0.1, 0.15) is 5.75 Å². The molecule has 0 aromatic heterocycles. The Morgan fingerprint density at radius 2 is 1.56 bits per heavy atom. The summed E-state index contributed by atoms with van der Waals surface area (Å²) in [6.07, 6.45) is 0.491. The summed E-state index contributed by atoms with van der Waals surface area (Å²) in [5.41, 5.74) is 1.26. The van der Waals surface area contributed by atoms with E-state index in [-0.39, 0.29) is 17.4 Å². The SMILES string of the molecule is O=C(CCN1CCN(C(=O)c2cccc(O)c2)CC1)c1ccccc1. The average molecular weight is 338 g/mol. The van der Waals surface area contributed by atoms with Gasteiger partial charge in [-0.1, -0.05) is 36.4 Å². The maximum atomic E-state index is 12.5. The molecule has 130 valence electrons. The number of phenols is 1. The van der Waals surface area contributed by atoms with Gasteiger partial charge in [-0.3, -0.25) is 14.5 Å². The molecule has 0 bridgehead atoms. The van der Waals surface area contributed by atoms with Crippen molar-refractivity contribution in [2.24, 2.45) is 0 Å². The number of nitrogens with zero attached hydrogens (tertiary/aromatic N) is 2. The van der Waals surface area contributed by atoms with Crippen molar-refractivity contribution in [3.05, 3.63) is 65.7 Å². The first-order valence-corrected chi connectivity index (χ1v) is 8.52. The topological polar surface area (TPSA) is 60.9 Å². The number of ketones is 1. The Kier molecular flexibility index (Phi) is 5.46. The fourth-order valence-electron chi connectivity index (χ4n) is 3.02. The van der Waals surface area contributed by atoms with Crippen LogP contribution >= 0.6 is 0 Å². The van der Waals surface area contributed by atoms with Crippen molar-refractivity contribution >= 4 is 11.7 Å². The second-order valence-electron chi connectivity index (χ2n) is 6.22. The zero-order valence-corrected chi connectivity index (χ0v) is 14.1. The summed E-state index contributed by atoms with van der Waals surface area (Å²) in [4.78, 5) is 28.6. The number of hydrogen-bond acceptors (Lipinski definition) is 4. The summed E-state index contributed by atoms with van der Waals surface area (Å²) in [7, 11) is 0. The third-order valence-corrected chi connectivity index (χ3v) is 4.50. The quantitative estimate of drug-likeness (QED) is 0.851. The van der Waals surface area contributed by atoms with Gasteiger partial charge in [-0.25, -0.2) is 0 Å². The van der Waals surface area contributed by atoms with Gasteiger partial charge in [-0.2, -0.15) is 0 Å². The molecule has 2 aromatic rings. The van der Waals surface area contributed by atoms with E-state index in [1.807, 2.05) is 30.3 Å². The highest BCUT2D eigenvalue weighted by atomic mass is 16.3. The fraction of sp³-hybridized carbons (Fsp3) is 0.300. The van der Waals surface area contributed by atoms with Gasteiger partial charge in [-0.15, -0.1) is 0 Å². The molecule has 2 aromatic carbocycles. The number of rotatable bonds is 5. The van der Waals surface area contributed by atoms with Gasteiger partial charge in [0.2, 0.25) is 0 Å². The first-order valence-electron chi connectivity index (χ1n) is 8.52. The third-order valence-electron chi connectivity index (χ3n) is 4.50. The van der Waals surface area contributed by atoms with E-state index in [0.717, 1.165) is 18.7 Å². The summed E-state index contributed by atoms with van der Waals surface area (Å²) in [5, 5.41) is 9.51. The minimum Gasteiger partial charge on any atom is -0.508 e. The standard InChI is InChI=1S/C20H22N2O3/c23-18-8-4-7-17(15-18)20(25)22-13-11-21(12-14-22)10-9-19(24)16-5-2-1-3-6-16/h1-8,15,23H,9-14H2. The van der Waals surface area contributed by atoms with Crippen LogP contribution in [0.5, 0.6) is 5.75 Å². The van der Waals surface area contributed by atoms with Crippen LogP contribution in [0.25, 0.3) is 0 Å². The lowest BCUT2D eigenvalue weighted by molar-refractivity contribution is 0.0628. The van der Waals surface area contributed by atoms with Crippen molar-refractivity contribution in [2.75, 3.05) is 32.7 Å². The van der Waals surface area contributed by atoms with Crippen molar-refractivity contribution < 1.29 is 14.7 Å². The highest BCUT2D eigenvalue weighted by molar-refractivity contribution is 5.96. The van der Waals surface area contributed by atoms with Gasteiger partial charge < -0.3 is 10.0 Å². The molecule has 1 saturated heterocycles. The molecule has 1 fully saturated rings. The predicted octanol–water partition coefficient (Wildman–Crippen LogP) is 2.42. The van der Waals surface area contributed by atoms with Crippen molar-refractivity contribution in [2.45, 2.75) is 6.42 Å². The van der Waals surface area contributed by atoms with E-state index in [2.05, 4.69) is 4.90 Å². The third kappa shape index (κ3) is 4.45. The molecule has 0 spiro atoms. The monoisotopic (exact) mass is 338 g/mol. The lowest BCUT2D eigenvalue weighted by atomic mass is 10.1. The van der Waals surface area contributed by atoms with Gasteiger partial charge in [0, 0.05) is 50.3 Å². The van der Waals surface area contributed by atoms with Gasteiger partial charge >= 0.3 is 0 Å². The highest BCUT2D eigenvalue weighted by Crippen LogP contribution is 2.15. The second-order valence-corrected chi connectivity index (χ2v) is 6.22. The molecular weight excluding hydrogens is 316 g/mol. The Hall–Kier alpha value is -2.66. The van der Waals surface area contributed by atoms with Gasteiger partial charge in [-0.05, 0) is 18.2 Å². The van der Waals surface area contributed by atoms with Crippen molar-refractivity contribution in [1.82, 2.24) is 9.80 Å². The average Bonchev–Trinajstić information content (AvgIpc) is 2.66. The van der Waals surface area contributed by atoms with E-state index in [0.29, 0.717) is 31.6 Å². The van der Waals surface area contributed by atoms with E-state index in [1.165, 1.54) is 6.07 Å². The van der Waals surface area contributed by atoms with Crippen LogP contribution < -0.4 is 0 Å². The molecule has 0 saturated carbocycles. The molecular formula is C20H22N2O3. The van der Waals surface area contributed by atoms with Crippen molar-refractivity contribution in [1.29, 1.82) is 0 Å². The van der Waals surface area contributed by atoms with E-state index in [4.69, 9.17) is 0 Å². The van der Waals surface area contributed by atoms with Crippen LogP contribution in [0.2, 0.25) is 0 Å². The number of benzene rings is 2. The number of carbonyl (C=O) groups excluding carboxylic acids is 2. The number of amides is 1. The molecule has 0 atom stereocenters. The Morgan fingerprint density at radius 1 is 0.880 bits per heavy atom. The van der Waals surface area contributed by atoms with Gasteiger partial charge in [0.15, 0.2) is 5.78 Å². The zero-order valence-electron chi connectivity index (χ0n) is 14.1. The van der Waals surface area contributed by atoms with Crippen molar-refractivity contribution in [3.8, 4) is 5.75 Å². The molecule has 1 N–H and O–H groups in total. The van der Waals surface area contributed by atoms with Crippen LogP contribution in [-0.4, -0.2) is 59.3 Å². The second kappa shape index (κ2) is 7.94. The first kappa shape index (κ1) is 17.2. The lowest BCUT2D eigenvalue weighted by Crippen LogP contribution is -2.49. The minimum atomic E-state index is -0.0593. The molecule has 5 nitrogen and oxygen atoms in total. The Balaban J connectivity index is 1.47. The van der Waals surface area contributed by atoms with Crippen LogP contribution in [0.3, 0.4) is 0 Å². The summed E-state index contributed by atoms with van der Waals surface area (Å²) in [6.45, 7) is 3.49. The number of phenolic OH excluding ortho intramolecular Hbond substituents is 1. The molecule has 25 heavy (non-hydrogen) atoms. The number of carbonyl (C=O) groups is 2. The molecule has 1 aliphatic heterocycles. The molecule has 1 aliphatic rings. The Morgan fingerprint density at radius 3 is 2.24 bits per heavy atom. The Bertz CT molecular complexity index is 738. The minimum absolute atomic E-state index is 0.0593. The molecule has 0 unspecified atom stereocenters. The summed E-state index contributed by atoms with van der Waals surface area (Å²) >= 11 is 0. The molecule has 1 amide bonds. The van der Waals surface area contributed by atoms with E-state index in [9.17, 15) is 14.7 Å². The largest absolute Gasteiger partial charge is 0.508 e. The lowest BCUT2D eigenvalue weighted by Gasteiger charge is -2.34. The highest BCUT2D eigenvalue weighted by Gasteiger charge is 2.22.